The molecule has 20 heavy (non-hydrogen) atoms. The molecule has 0 unspecified atom stereocenters. The van der Waals surface area contributed by atoms with Gasteiger partial charge in [-0.1, -0.05) is 0 Å². The third-order valence-corrected chi connectivity index (χ3v) is 2.22. The summed E-state index contributed by atoms with van der Waals surface area (Å²) in [4.78, 5) is 19.0. The topological polar surface area (TPSA) is 95.5 Å². The first kappa shape index (κ1) is 15.6. The molecule has 0 heterocycles. The van der Waals surface area contributed by atoms with Crippen molar-refractivity contribution in [2.45, 2.75) is 19.5 Å². The summed E-state index contributed by atoms with van der Waals surface area (Å²) < 4.78 is 53.2. The number of hydrogen-bond donors (Lipinski definition) is 0. The second-order valence-corrected chi connectivity index (χ2v) is 3.57. The number of nitro groups is 2. The molecule has 0 aliphatic carbocycles. The Bertz CT molecular complexity index is 564. The van der Waals surface area contributed by atoms with Gasteiger partial charge < -0.3 is 4.74 Å². The van der Waals surface area contributed by atoms with Gasteiger partial charge >= 0.3 is 12.5 Å². The maximum absolute atomic E-state index is 12.8. The van der Waals surface area contributed by atoms with Gasteiger partial charge in [-0.05, 0) is 6.92 Å². The lowest BCUT2D eigenvalue weighted by Crippen LogP contribution is -2.33. The monoisotopic (exact) mass is 298 g/mol. The van der Waals surface area contributed by atoms with Gasteiger partial charge in [-0.15, -0.1) is 0 Å². The quantitative estimate of drug-likeness (QED) is 0.473. The van der Waals surface area contributed by atoms with Crippen LogP contribution < -0.4 is 4.74 Å². The van der Waals surface area contributed by atoms with Gasteiger partial charge in [0.1, 0.15) is 5.75 Å². The summed E-state index contributed by atoms with van der Waals surface area (Å²) in [7, 11) is 0. The van der Waals surface area contributed by atoms with E-state index in [4.69, 9.17) is 0 Å². The molecular formula is C9H6F4N2O5. The van der Waals surface area contributed by atoms with E-state index in [2.05, 4.69) is 4.74 Å². The molecule has 0 atom stereocenters. The zero-order valence-electron chi connectivity index (χ0n) is 9.68. The molecule has 7 nitrogen and oxygen atoms in total. The standard InChI is InChI=1S/C9H6F4N2O5/c1-4-6(15(18)19)2-5(14(16)17)3-7(4)20-9(12,13)8(10)11/h2-3,8H,1H3. The van der Waals surface area contributed by atoms with Crippen LogP contribution in [0.4, 0.5) is 28.9 Å². The van der Waals surface area contributed by atoms with Gasteiger partial charge in [-0.3, -0.25) is 20.2 Å². The first-order chi connectivity index (χ1) is 9.06. The molecular weight excluding hydrogens is 292 g/mol. The fourth-order valence-corrected chi connectivity index (χ4v) is 1.25. The Morgan fingerprint density at radius 3 is 2.15 bits per heavy atom. The number of ether oxygens (including phenoxy) is 1. The Hall–Kier alpha value is -2.46. The van der Waals surface area contributed by atoms with E-state index in [0.29, 0.717) is 12.1 Å². The van der Waals surface area contributed by atoms with Crippen molar-refractivity contribution in [2.24, 2.45) is 0 Å². The van der Waals surface area contributed by atoms with Crippen LogP contribution in [-0.2, 0) is 0 Å². The van der Waals surface area contributed by atoms with E-state index in [0.717, 1.165) is 6.92 Å². The molecule has 110 valence electrons. The third-order valence-electron chi connectivity index (χ3n) is 2.22. The number of halogens is 4. The predicted octanol–water partition coefficient (Wildman–Crippen LogP) is 3.05. The molecule has 1 aromatic carbocycles. The third kappa shape index (κ3) is 3.10. The molecule has 0 spiro atoms. The van der Waals surface area contributed by atoms with Gasteiger partial charge in [0.15, 0.2) is 0 Å². The first-order valence-corrected chi connectivity index (χ1v) is 4.84. The minimum Gasteiger partial charge on any atom is -0.427 e. The van der Waals surface area contributed by atoms with E-state index in [9.17, 15) is 37.8 Å². The second kappa shape index (κ2) is 5.27. The minimum absolute atomic E-state index is 0.415. The van der Waals surface area contributed by atoms with Crippen LogP contribution in [0.2, 0.25) is 0 Å². The Kier molecular flexibility index (Phi) is 4.11. The highest BCUT2D eigenvalue weighted by molar-refractivity contribution is 5.56. The molecule has 0 amide bonds. The van der Waals surface area contributed by atoms with Gasteiger partial charge in [-0.2, -0.15) is 17.6 Å². The van der Waals surface area contributed by atoms with E-state index in [1.165, 1.54) is 0 Å². The van der Waals surface area contributed by atoms with Gasteiger partial charge in [0.05, 0.1) is 27.5 Å². The van der Waals surface area contributed by atoms with Gasteiger partial charge in [0, 0.05) is 0 Å². The number of non-ortho nitro benzene ring substituents is 1. The highest BCUT2D eigenvalue weighted by Gasteiger charge is 2.45. The van der Waals surface area contributed by atoms with Crippen LogP contribution in [0, 0.1) is 27.2 Å². The van der Waals surface area contributed by atoms with Gasteiger partial charge in [0.2, 0.25) is 0 Å². The number of nitrogens with zero attached hydrogens (tertiary/aromatic N) is 2. The fourth-order valence-electron chi connectivity index (χ4n) is 1.25. The predicted molar refractivity (Wildman–Crippen MR) is 56.1 cm³/mol. The molecule has 0 radical (unpaired) electrons. The Morgan fingerprint density at radius 1 is 1.20 bits per heavy atom. The molecule has 0 saturated heterocycles. The SMILES string of the molecule is Cc1c(OC(F)(F)C(F)F)cc([N+](=O)[O-])cc1[N+](=O)[O-]. The van der Waals surface area contributed by atoms with Crippen LogP contribution in [0.5, 0.6) is 5.75 Å². The highest BCUT2D eigenvalue weighted by atomic mass is 19.3. The molecule has 0 aromatic heterocycles. The average molecular weight is 298 g/mol. The van der Waals surface area contributed by atoms with Crippen molar-refractivity contribution < 1.29 is 32.1 Å². The summed E-state index contributed by atoms with van der Waals surface area (Å²) in [6.07, 6.45) is -9.12. The summed E-state index contributed by atoms with van der Waals surface area (Å²) in [6, 6.07) is 0.932. The summed E-state index contributed by atoms with van der Waals surface area (Å²) in [5.74, 6) is -1.06. The van der Waals surface area contributed by atoms with Crippen LogP contribution in [-0.4, -0.2) is 22.4 Å². The Balaban J connectivity index is 3.38. The van der Waals surface area contributed by atoms with Gasteiger partial charge in [-0.25, -0.2) is 0 Å². The number of nitro benzene ring substituents is 2. The van der Waals surface area contributed by atoms with Crippen LogP contribution >= 0.6 is 0 Å². The summed E-state index contributed by atoms with van der Waals surface area (Å²) in [5.41, 5.74) is -2.34. The molecule has 0 fully saturated rings. The fraction of sp³-hybridized carbons (Fsp3) is 0.333. The zero-order chi connectivity index (χ0) is 15.7. The van der Waals surface area contributed by atoms with Crippen LogP contribution in [0.25, 0.3) is 0 Å². The number of alkyl halides is 4. The van der Waals surface area contributed by atoms with Gasteiger partial charge in [0.25, 0.3) is 11.4 Å². The van der Waals surface area contributed by atoms with Crippen molar-refractivity contribution >= 4 is 11.4 Å². The largest absolute Gasteiger partial charge is 0.461 e. The van der Waals surface area contributed by atoms with E-state index < -0.39 is 45.1 Å². The lowest BCUT2D eigenvalue weighted by Gasteiger charge is -2.17. The van der Waals surface area contributed by atoms with Crippen molar-refractivity contribution in [1.29, 1.82) is 0 Å². The second-order valence-electron chi connectivity index (χ2n) is 3.57. The molecule has 1 aromatic rings. The van der Waals surface area contributed by atoms with Crippen molar-refractivity contribution in [3.8, 4) is 5.75 Å². The van der Waals surface area contributed by atoms with E-state index in [1.54, 1.807) is 0 Å². The normalized spacial score (nSPS) is 11.5. The molecule has 0 aliphatic rings. The first-order valence-electron chi connectivity index (χ1n) is 4.84. The van der Waals surface area contributed by atoms with E-state index in [1.807, 2.05) is 0 Å². The summed E-state index contributed by atoms with van der Waals surface area (Å²) in [5, 5.41) is 21.2. The van der Waals surface area contributed by atoms with Crippen LogP contribution in [0.3, 0.4) is 0 Å². The molecule has 0 N–H and O–H groups in total. The molecule has 0 saturated carbocycles. The number of rotatable bonds is 5. The lowest BCUT2D eigenvalue weighted by molar-refractivity contribution is -0.394. The molecule has 0 bridgehead atoms. The van der Waals surface area contributed by atoms with Crippen molar-refractivity contribution in [3.63, 3.8) is 0 Å². The Labute approximate surface area is 108 Å². The van der Waals surface area contributed by atoms with Crippen LogP contribution in [0.15, 0.2) is 12.1 Å². The summed E-state index contributed by atoms with van der Waals surface area (Å²) in [6.45, 7) is 0.943. The number of hydrogen-bond acceptors (Lipinski definition) is 5. The van der Waals surface area contributed by atoms with Crippen molar-refractivity contribution in [2.75, 3.05) is 0 Å². The molecule has 0 aliphatic heterocycles. The Morgan fingerprint density at radius 2 is 1.75 bits per heavy atom. The lowest BCUT2D eigenvalue weighted by atomic mass is 10.1. The minimum atomic E-state index is -4.92. The highest BCUT2D eigenvalue weighted by Crippen LogP contribution is 2.37. The van der Waals surface area contributed by atoms with Crippen LogP contribution in [0.1, 0.15) is 5.56 Å². The molecule has 1 rings (SSSR count). The van der Waals surface area contributed by atoms with Crippen molar-refractivity contribution in [1.82, 2.24) is 0 Å². The van der Waals surface area contributed by atoms with E-state index >= 15 is 0 Å². The zero-order valence-corrected chi connectivity index (χ0v) is 9.68. The van der Waals surface area contributed by atoms with Crippen molar-refractivity contribution in [3.05, 3.63) is 37.9 Å². The smallest absolute Gasteiger partial charge is 0.427 e. The maximum Gasteiger partial charge on any atom is 0.461 e. The summed E-state index contributed by atoms with van der Waals surface area (Å²) >= 11 is 0. The molecule has 11 heteroatoms. The van der Waals surface area contributed by atoms with E-state index in [-0.39, 0.29) is 0 Å². The average Bonchev–Trinajstić information content (AvgIpc) is 2.30. The maximum atomic E-state index is 12.8. The number of benzene rings is 1.